The summed E-state index contributed by atoms with van der Waals surface area (Å²) in [5.41, 5.74) is 1.29. The third-order valence-electron chi connectivity index (χ3n) is 4.93. The summed E-state index contributed by atoms with van der Waals surface area (Å²) in [6, 6.07) is 5.98. The molecule has 2 aliphatic heterocycles. The molecule has 2 saturated heterocycles. The average Bonchev–Trinajstić information content (AvgIpc) is 3.08. The van der Waals surface area contributed by atoms with Gasteiger partial charge in [0.15, 0.2) is 0 Å². The first-order valence-corrected chi connectivity index (χ1v) is 8.77. The third kappa shape index (κ3) is 3.39. The molecule has 2 fully saturated rings. The van der Waals surface area contributed by atoms with Gasteiger partial charge >= 0.3 is 0 Å². The van der Waals surface area contributed by atoms with Crippen LogP contribution in [0.4, 0.5) is 11.5 Å². The number of nitriles is 1. The lowest BCUT2D eigenvalue weighted by Gasteiger charge is -2.32. The summed E-state index contributed by atoms with van der Waals surface area (Å²) in [4.78, 5) is 19.0. The highest BCUT2D eigenvalue weighted by Gasteiger charge is 2.26. The Kier molecular flexibility index (Phi) is 4.54. The molecular formula is C18H20N6O2. The van der Waals surface area contributed by atoms with Crippen LogP contribution in [0, 0.1) is 17.2 Å². The van der Waals surface area contributed by atoms with Crippen molar-refractivity contribution in [1.82, 2.24) is 14.8 Å². The van der Waals surface area contributed by atoms with Crippen molar-refractivity contribution in [3.8, 4) is 6.07 Å². The number of anilines is 2. The van der Waals surface area contributed by atoms with Crippen LogP contribution < -0.4 is 10.2 Å². The lowest BCUT2D eigenvalue weighted by atomic mass is 9.96. The van der Waals surface area contributed by atoms with Crippen molar-refractivity contribution in [2.45, 2.75) is 18.9 Å². The number of ether oxygens (including phenoxy) is 1. The molecule has 1 N–H and O–H groups in total. The fraction of sp³-hybridized carbons (Fsp3) is 0.444. The van der Waals surface area contributed by atoms with E-state index < -0.39 is 0 Å². The van der Waals surface area contributed by atoms with Crippen LogP contribution in [-0.2, 0) is 9.53 Å². The second kappa shape index (κ2) is 7.14. The van der Waals surface area contributed by atoms with E-state index in [4.69, 9.17) is 10.00 Å². The molecule has 0 spiro atoms. The van der Waals surface area contributed by atoms with Crippen LogP contribution in [0.2, 0.25) is 0 Å². The van der Waals surface area contributed by atoms with Gasteiger partial charge in [0.1, 0.15) is 11.9 Å². The van der Waals surface area contributed by atoms with E-state index in [-0.39, 0.29) is 17.9 Å². The van der Waals surface area contributed by atoms with E-state index in [2.05, 4.69) is 26.4 Å². The Morgan fingerprint density at radius 1 is 1.27 bits per heavy atom. The molecule has 0 bridgehead atoms. The summed E-state index contributed by atoms with van der Waals surface area (Å²) < 4.78 is 7.01. The summed E-state index contributed by atoms with van der Waals surface area (Å²) in [6.07, 6.45) is 6.68. The quantitative estimate of drug-likeness (QED) is 0.897. The lowest BCUT2D eigenvalue weighted by molar-refractivity contribution is -0.120. The number of piperidine rings is 1. The number of carbonyl (C=O) groups excluding carboxylic acids is 1. The molecule has 2 aromatic rings. The zero-order valence-corrected chi connectivity index (χ0v) is 14.3. The smallest absolute Gasteiger partial charge is 0.227 e. The molecule has 4 rings (SSSR count). The van der Waals surface area contributed by atoms with Gasteiger partial charge in [0.05, 0.1) is 36.7 Å². The minimum absolute atomic E-state index is 0.0139. The first-order valence-electron chi connectivity index (χ1n) is 8.77. The zero-order valence-electron chi connectivity index (χ0n) is 14.3. The second-order valence-electron chi connectivity index (χ2n) is 6.67. The Balaban J connectivity index is 1.30. The summed E-state index contributed by atoms with van der Waals surface area (Å²) >= 11 is 0. The van der Waals surface area contributed by atoms with Crippen LogP contribution in [0.25, 0.3) is 0 Å². The van der Waals surface area contributed by atoms with Crippen molar-refractivity contribution in [2.75, 3.05) is 36.5 Å². The largest absolute Gasteiger partial charge is 0.377 e. The molecule has 0 saturated carbocycles. The number of pyridine rings is 1. The maximum atomic E-state index is 12.5. The third-order valence-corrected chi connectivity index (χ3v) is 4.93. The zero-order chi connectivity index (χ0) is 17.9. The van der Waals surface area contributed by atoms with E-state index in [1.54, 1.807) is 18.5 Å². The van der Waals surface area contributed by atoms with Crippen LogP contribution >= 0.6 is 0 Å². The maximum Gasteiger partial charge on any atom is 0.227 e. The number of amides is 1. The van der Waals surface area contributed by atoms with Crippen LogP contribution in [0.3, 0.4) is 0 Å². The van der Waals surface area contributed by atoms with E-state index in [9.17, 15) is 4.79 Å². The molecule has 4 heterocycles. The molecule has 0 radical (unpaired) electrons. The number of carbonyl (C=O) groups is 1. The van der Waals surface area contributed by atoms with Gasteiger partial charge < -0.3 is 15.0 Å². The van der Waals surface area contributed by atoms with Gasteiger partial charge in [-0.1, -0.05) is 0 Å². The summed E-state index contributed by atoms with van der Waals surface area (Å²) in [5, 5.41) is 16.1. The van der Waals surface area contributed by atoms with Crippen molar-refractivity contribution >= 4 is 17.4 Å². The first-order chi connectivity index (χ1) is 12.7. The van der Waals surface area contributed by atoms with Crippen molar-refractivity contribution in [1.29, 1.82) is 5.26 Å². The van der Waals surface area contributed by atoms with Crippen molar-refractivity contribution < 1.29 is 9.53 Å². The molecule has 8 heteroatoms. The van der Waals surface area contributed by atoms with Crippen molar-refractivity contribution in [2.24, 2.45) is 5.92 Å². The van der Waals surface area contributed by atoms with E-state index in [1.165, 1.54) is 0 Å². The second-order valence-corrected chi connectivity index (χ2v) is 6.67. The van der Waals surface area contributed by atoms with E-state index in [0.29, 0.717) is 18.8 Å². The molecule has 0 unspecified atom stereocenters. The van der Waals surface area contributed by atoms with Gasteiger partial charge in [-0.2, -0.15) is 10.4 Å². The van der Waals surface area contributed by atoms with E-state index >= 15 is 0 Å². The Hall–Kier alpha value is -2.92. The standard InChI is InChI=1S/C18H20N6O2/c19-7-13-1-2-17(20-8-13)23-5-3-14(4-6-23)18(25)22-15-9-21-24(10-15)16-11-26-12-16/h1-2,8-10,14,16H,3-6,11-12H2,(H,22,25). The van der Waals surface area contributed by atoms with Gasteiger partial charge in [-0.25, -0.2) is 4.98 Å². The Morgan fingerprint density at radius 2 is 2.08 bits per heavy atom. The molecule has 26 heavy (non-hydrogen) atoms. The number of rotatable bonds is 4. The molecule has 2 aliphatic rings. The van der Waals surface area contributed by atoms with E-state index in [1.807, 2.05) is 16.9 Å². The topological polar surface area (TPSA) is 96.1 Å². The fourth-order valence-corrected chi connectivity index (χ4v) is 3.23. The highest BCUT2D eigenvalue weighted by Crippen LogP contribution is 2.24. The Morgan fingerprint density at radius 3 is 2.69 bits per heavy atom. The number of aromatic nitrogens is 3. The summed E-state index contributed by atoms with van der Waals surface area (Å²) in [6.45, 7) is 2.90. The van der Waals surface area contributed by atoms with Crippen LogP contribution in [-0.4, -0.2) is 47.0 Å². The summed E-state index contributed by atoms with van der Waals surface area (Å²) in [5.74, 6) is 0.883. The SMILES string of the molecule is N#Cc1ccc(N2CCC(C(=O)Nc3cnn(C4COC4)c3)CC2)nc1. The molecule has 134 valence electrons. The monoisotopic (exact) mass is 352 g/mol. The summed E-state index contributed by atoms with van der Waals surface area (Å²) in [7, 11) is 0. The van der Waals surface area contributed by atoms with Crippen molar-refractivity contribution in [3.05, 3.63) is 36.3 Å². The lowest BCUT2D eigenvalue weighted by Crippen LogP contribution is -2.38. The Labute approximate surface area is 151 Å². The molecule has 0 atom stereocenters. The number of nitrogens with one attached hydrogen (secondary N) is 1. The van der Waals surface area contributed by atoms with Gasteiger partial charge in [-0.15, -0.1) is 0 Å². The predicted octanol–water partition coefficient (Wildman–Crippen LogP) is 1.58. The van der Waals surface area contributed by atoms with Gasteiger partial charge in [0.25, 0.3) is 0 Å². The van der Waals surface area contributed by atoms with Crippen molar-refractivity contribution in [3.63, 3.8) is 0 Å². The minimum Gasteiger partial charge on any atom is -0.377 e. The Bertz CT molecular complexity index is 813. The van der Waals surface area contributed by atoms with Crippen LogP contribution in [0.5, 0.6) is 0 Å². The first kappa shape index (κ1) is 16.5. The minimum atomic E-state index is -0.0139. The normalized spacial score (nSPS) is 18.2. The van der Waals surface area contributed by atoms with Gasteiger partial charge in [0, 0.05) is 31.4 Å². The highest BCUT2D eigenvalue weighted by atomic mass is 16.5. The molecule has 0 aliphatic carbocycles. The van der Waals surface area contributed by atoms with Gasteiger partial charge in [-0.3, -0.25) is 9.48 Å². The molecule has 1 amide bonds. The van der Waals surface area contributed by atoms with E-state index in [0.717, 1.165) is 37.4 Å². The molecule has 0 aromatic carbocycles. The average molecular weight is 352 g/mol. The predicted molar refractivity (Wildman–Crippen MR) is 94.6 cm³/mol. The maximum absolute atomic E-state index is 12.5. The molecular weight excluding hydrogens is 332 g/mol. The van der Waals surface area contributed by atoms with Crippen LogP contribution in [0.1, 0.15) is 24.4 Å². The fourth-order valence-electron chi connectivity index (χ4n) is 3.23. The van der Waals surface area contributed by atoms with Gasteiger partial charge in [-0.05, 0) is 25.0 Å². The number of hydrogen-bond donors (Lipinski definition) is 1. The number of hydrogen-bond acceptors (Lipinski definition) is 6. The molecule has 2 aromatic heterocycles. The highest BCUT2D eigenvalue weighted by molar-refractivity contribution is 5.92. The molecule has 8 nitrogen and oxygen atoms in total. The number of nitrogens with zero attached hydrogens (tertiary/aromatic N) is 5. The van der Waals surface area contributed by atoms with Gasteiger partial charge in [0.2, 0.25) is 5.91 Å². The van der Waals surface area contributed by atoms with Crippen LogP contribution in [0.15, 0.2) is 30.7 Å².